The van der Waals surface area contributed by atoms with Crippen molar-refractivity contribution in [2.75, 3.05) is 19.8 Å². The Morgan fingerprint density at radius 3 is 1.60 bits per heavy atom. The van der Waals surface area contributed by atoms with Crippen molar-refractivity contribution in [1.82, 2.24) is 0 Å². The van der Waals surface area contributed by atoms with E-state index in [9.17, 15) is 30.0 Å². The van der Waals surface area contributed by atoms with Gasteiger partial charge in [0.1, 0.15) is 31.0 Å². The van der Waals surface area contributed by atoms with E-state index in [2.05, 4.69) is 25.7 Å². The molecule has 1 rings (SSSR count). The third-order valence-electron chi connectivity index (χ3n) is 9.96. The van der Waals surface area contributed by atoms with Gasteiger partial charge >= 0.3 is 11.9 Å². The number of ether oxygens (including phenoxy) is 4. The number of aliphatic hydroxyl groups is 4. The molecule has 1 saturated heterocycles. The van der Waals surface area contributed by atoms with Crippen molar-refractivity contribution in [3.8, 4) is 0 Å². The van der Waals surface area contributed by atoms with Crippen LogP contribution in [0.3, 0.4) is 0 Å². The molecule has 2 unspecified atom stereocenters. The lowest BCUT2D eigenvalue weighted by Crippen LogP contribution is -2.59. The van der Waals surface area contributed by atoms with E-state index in [1.54, 1.807) is 0 Å². The molecule has 0 spiro atoms. The standard InChI is InChI=1S/C43H78O10/c1-3-5-7-9-11-13-15-17-18-20-22-24-26-28-30-32-39(46)52-36(35-51-43-42(49)41(48)40(47)37(33-44)53-43)34-50-38(45)31-29-27-25-23-21-19-16-14-12-10-8-6-4-2/h3,14,16,36-37,40-44,47-49H,1,4-13,15,17-35H2,2H3/b16-14+/t36-,37-,40+,41?,42?,43-/m1/s1. The minimum Gasteiger partial charge on any atom is -0.462 e. The maximum atomic E-state index is 12.7. The van der Waals surface area contributed by atoms with Crippen LogP contribution < -0.4 is 0 Å². The number of aliphatic hydroxyl groups excluding tert-OH is 4. The van der Waals surface area contributed by atoms with Crippen molar-refractivity contribution in [2.45, 2.75) is 217 Å². The van der Waals surface area contributed by atoms with E-state index >= 15 is 0 Å². The summed E-state index contributed by atoms with van der Waals surface area (Å²) in [7, 11) is 0. The van der Waals surface area contributed by atoms with E-state index < -0.39 is 49.4 Å². The number of carbonyl (C=O) groups excluding carboxylic acids is 2. The van der Waals surface area contributed by atoms with Gasteiger partial charge in [0.05, 0.1) is 13.2 Å². The molecular weight excluding hydrogens is 676 g/mol. The first-order chi connectivity index (χ1) is 25.8. The van der Waals surface area contributed by atoms with Crippen LogP contribution in [-0.4, -0.2) is 89.0 Å². The van der Waals surface area contributed by atoms with Gasteiger partial charge in [0.2, 0.25) is 0 Å². The van der Waals surface area contributed by atoms with E-state index in [1.807, 2.05) is 6.08 Å². The SMILES string of the molecule is C=CCCCCCCCCCCCCCCCC(=O)O[C@H](COC(=O)CCCCCCC/C=C/CCCCCC)CO[C@@H]1O[C@H](CO)[C@H](O)C(O)C1O. The van der Waals surface area contributed by atoms with Gasteiger partial charge in [0.15, 0.2) is 12.4 Å². The first-order valence-electron chi connectivity index (χ1n) is 21.4. The van der Waals surface area contributed by atoms with Crippen molar-refractivity contribution in [3.63, 3.8) is 0 Å². The highest BCUT2D eigenvalue weighted by Gasteiger charge is 2.44. The molecule has 0 saturated carbocycles. The topological polar surface area (TPSA) is 152 Å². The number of hydrogen-bond acceptors (Lipinski definition) is 10. The fourth-order valence-corrected chi connectivity index (χ4v) is 6.52. The van der Waals surface area contributed by atoms with Gasteiger partial charge in [-0.3, -0.25) is 9.59 Å². The van der Waals surface area contributed by atoms with Gasteiger partial charge < -0.3 is 39.4 Å². The van der Waals surface area contributed by atoms with Crippen LogP contribution in [0.25, 0.3) is 0 Å². The summed E-state index contributed by atoms with van der Waals surface area (Å²) >= 11 is 0. The van der Waals surface area contributed by atoms with E-state index in [4.69, 9.17) is 18.9 Å². The smallest absolute Gasteiger partial charge is 0.306 e. The molecule has 0 aromatic carbocycles. The third-order valence-corrected chi connectivity index (χ3v) is 9.96. The number of rotatable bonds is 36. The zero-order valence-electron chi connectivity index (χ0n) is 33.4. The number of allylic oxidation sites excluding steroid dienone is 3. The zero-order valence-corrected chi connectivity index (χ0v) is 33.4. The van der Waals surface area contributed by atoms with E-state index in [1.165, 1.54) is 89.9 Å². The van der Waals surface area contributed by atoms with Crippen LogP contribution in [-0.2, 0) is 28.5 Å². The molecule has 0 radical (unpaired) electrons. The summed E-state index contributed by atoms with van der Waals surface area (Å²) in [6.45, 7) is 4.92. The van der Waals surface area contributed by atoms with Crippen LogP contribution in [0.1, 0.15) is 180 Å². The molecule has 310 valence electrons. The highest BCUT2D eigenvalue weighted by molar-refractivity contribution is 5.70. The van der Waals surface area contributed by atoms with Gasteiger partial charge in [0.25, 0.3) is 0 Å². The lowest BCUT2D eigenvalue weighted by molar-refractivity contribution is -0.305. The molecule has 4 N–H and O–H groups in total. The molecule has 10 nitrogen and oxygen atoms in total. The van der Waals surface area contributed by atoms with E-state index in [-0.39, 0.29) is 32.0 Å². The monoisotopic (exact) mass is 755 g/mol. The molecule has 53 heavy (non-hydrogen) atoms. The van der Waals surface area contributed by atoms with Crippen molar-refractivity contribution in [3.05, 3.63) is 24.8 Å². The van der Waals surface area contributed by atoms with Gasteiger partial charge in [-0.15, -0.1) is 6.58 Å². The highest BCUT2D eigenvalue weighted by Crippen LogP contribution is 2.23. The molecular formula is C43H78O10. The van der Waals surface area contributed by atoms with Gasteiger partial charge in [-0.1, -0.05) is 134 Å². The predicted molar refractivity (Wildman–Crippen MR) is 210 cm³/mol. The molecule has 6 atom stereocenters. The molecule has 0 aliphatic carbocycles. The molecule has 1 heterocycles. The van der Waals surface area contributed by atoms with Gasteiger partial charge in [0, 0.05) is 12.8 Å². The van der Waals surface area contributed by atoms with Crippen LogP contribution in [0.5, 0.6) is 0 Å². The maximum absolute atomic E-state index is 12.7. The minimum absolute atomic E-state index is 0.220. The van der Waals surface area contributed by atoms with Crippen LogP contribution in [0.2, 0.25) is 0 Å². The van der Waals surface area contributed by atoms with Gasteiger partial charge in [-0.2, -0.15) is 0 Å². The summed E-state index contributed by atoms with van der Waals surface area (Å²) in [4.78, 5) is 25.2. The predicted octanol–water partition coefficient (Wildman–Crippen LogP) is 8.55. The Kier molecular flexibility index (Phi) is 32.2. The quantitative estimate of drug-likeness (QED) is 0.0278. The molecule has 10 heteroatoms. The zero-order chi connectivity index (χ0) is 38.8. The Labute approximate surface area is 322 Å². The summed E-state index contributed by atoms with van der Waals surface area (Å²) in [5.74, 6) is -0.816. The van der Waals surface area contributed by atoms with Gasteiger partial charge in [-0.05, 0) is 51.4 Å². The third kappa shape index (κ3) is 26.6. The van der Waals surface area contributed by atoms with Crippen LogP contribution >= 0.6 is 0 Å². The Balaban J connectivity index is 2.34. The normalized spacial score (nSPS) is 20.8. The second-order valence-electron chi connectivity index (χ2n) is 14.9. The summed E-state index contributed by atoms with van der Waals surface area (Å²) in [5, 5.41) is 40.0. The van der Waals surface area contributed by atoms with Gasteiger partial charge in [-0.25, -0.2) is 0 Å². The average molecular weight is 755 g/mol. The summed E-state index contributed by atoms with van der Waals surface area (Å²) in [6.07, 6.45) is 27.9. The molecule has 0 amide bonds. The first kappa shape index (κ1) is 49.2. The molecule has 0 aromatic heterocycles. The lowest BCUT2D eigenvalue weighted by atomic mass is 9.99. The summed E-state index contributed by atoms with van der Waals surface area (Å²) in [6, 6.07) is 0. The maximum Gasteiger partial charge on any atom is 0.306 e. The Bertz CT molecular complexity index is 910. The molecule has 0 bridgehead atoms. The molecule has 1 aliphatic rings. The Hall–Kier alpha value is -1.82. The van der Waals surface area contributed by atoms with Crippen molar-refractivity contribution < 1.29 is 49.0 Å². The van der Waals surface area contributed by atoms with Crippen molar-refractivity contribution >= 4 is 11.9 Å². The molecule has 1 aliphatic heterocycles. The summed E-state index contributed by atoms with van der Waals surface area (Å²) < 4.78 is 22.1. The van der Waals surface area contributed by atoms with Crippen LogP contribution in [0, 0.1) is 0 Å². The Morgan fingerprint density at radius 1 is 0.623 bits per heavy atom. The molecule has 1 fully saturated rings. The fourth-order valence-electron chi connectivity index (χ4n) is 6.52. The number of unbranched alkanes of at least 4 members (excludes halogenated alkanes) is 22. The first-order valence-corrected chi connectivity index (χ1v) is 21.4. The largest absolute Gasteiger partial charge is 0.462 e. The Morgan fingerprint density at radius 2 is 1.09 bits per heavy atom. The summed E-state index contributed by atoms with van der Waals surface area (Å²) in [5.41, 5.74) is 0. The van der Waals surface area contributed by atoms with Crippen molar-refractivity contribution in [1.29, 1.82) is 0 Å². The molecule has 0 aromatic rings. The van der Waals surface area contributed by atoms with Crippen LogP contribution in [0.4, 0.5) is 0 Å². The van der Waals surface area contributed by atoms with E-state index in [0.29, 0.717) is 12.8 Å². The second kappa shape index (κ2) is 34.7. The van der Waals surface area contributed by atoms with Crippen molar-refractivity contribution in [2.24, 2.45) is 0 Å². The van der Waals surface area contributed by atoms with E-state index in [0.717, 1.165) is 57.8 Å². The fraction of sp³-hybridized carbons (Fsp3) is 0.860. The number of hydrogen-bond donors (Lipinski definition) is 4. The lowest BCUT2D eigenvalue weighted by Gasteiger charge is -2.39. The van der Waals surface area contributed by atoms with Crippen LogP contribution in [0.15, 0.2) is 24.8 Å². The second-order valence-corrected chi connectivity index (χ2v) is 14.9. The average Bonchev–Trinajstić information content (AvgIpc) is 3.15. The minimum atomic E-state index is -1.59. The highest BCUT2D eigenvalue weighted by atomic mass is 16.7. The number of esters is 2. The number of carbonyl (C=O) groups is 2.